The molecule has 12 unspecified atom stereocenters. The lowest BCUT2D eigenvalue weighted by Gasteiger charge is -2.27. The van der Waals surface area contributed by atoms with E-state index in [1.165, 1.54) is 27.7 Å². The molecule has 1 saturated heterocycles. The molecule has 0 aromatic heterocycles. The van der Waals surface area contributed by atoms with Gasteiger partial charge in [-0.2, -0.15) is 0 Å². The molecule has 107 heavy (non-hydrogen) atoms. The van der Waals surface area contributed by atoms with E-state index in [0.717, 1.165) is 73.2 Å². The highest BCUT2D eigenvalue weighted by Crippen LogP contribution is 2.33. The molecule has 1 aliphatic rings. The number of hydrogen-bond acceptors (Lipinski definition) is 13. The molecule has 4 amide bonds. The quantitative estimate of drug-likeness (QED) is 0.0203. The average Bonchev–Trinajstić information content (AvgIpc) is 1.06. The topological polar surface area (TPSA) is 287 Å². The highest BCUT2D eigenvalue weighted by atomic mass is 35.5. The van der Waals surface area contributed by atoms with Crippen LogP contribution < -0.4 is 21.3 Å². The lowest BCUT2D eigenvalue weighted by Crippen LogP contribution is -2.51. The number of benzene rings is 8. The van der Waals surface area contributed by atoms with Gasteiger partial charge in [0, 0.05) is 59.6 Å². The molecule has 13 atom stereocenters. The Hall–Kier alpha value is -6.11. The summed E-state index contributed by atoms with van der Waals surface area (Å²) in [6.45, 7) is 10.0. The maximum absolute atomic E-state index is 12.4. The molecule has 0 spiro atoms. The minimum atomic E-state index is -1.10. The number of aliphatic hydroxyl groups is 8. The second-order valence-corrected chi connectivity index (χ2v) is 29.9. The molecule has 0 bridgehead atoms. The van der Waals surface area contributed by atoms with Crippen LogP contribution >= 0.6 is 104 Å². The summed E-state index contributed by atoms with van der Waals surface area (Å²) in [7, 11) is 0. The minimum Gasteiger partial charge on any atom is -0.391 e. The van der Waals surface area contributed by atoms with E-state index in [1.807, 2.05) is 146 Å². The third-order valence-corrected chi connectivity index (χ3v) is 19.4. The van der Waals surface area contributed by atoms with E-state index in [-0.39, 0.29) is 23.6 Å². The van der Waals surface area contributed by atoms with E-state index in [4.69, 9.17) is 109 Å². The second kappa shape index (κ2) is 44.7. The van der Waals surface area contributed by atoms with Gasteiger partial charge in [-0.3, -0.25) is 19.2 Å². The van der Waals surface area contributed by atoms with Crippen LogP contribution in [0.2, 0.25) is 40.2 Å². The summed E-state index contributed by atoms with van der Waals surface area (Å²) in [5, 5.41) is 95.3. The first kappa shape index (κ1) is 89.8. The molecule has 1 fully saturated rings. The van der Waals surface area contributed by atoms with E-state index in [0.29, 0.717) is 91.7 Å². The maximum atomic E-state index is 12.4. The predicted molar refractivity (Wildman–Crippen MR) is 431 cm³/mol. The number of rotatable bonds is 28. The fraction of sp³-hybridized carbons (Fsp3) is 0.358. The van der Waals surface area contributed by atoms with E-state index in [2.05, 4.69) is 21.3 Å². The van der Waals surface area contributed by atoms with Crippen molar-refractivity contribution in [2.75, 3.05) is 12.5 Å². The van der Waals surface area contributed by atoms with Crippen molar-refractivity contribution in [2.24, 2.45) is 0 Å². The molecule has 8 aromatic rings. The SMILES string of the molecule is CC(O)C(O)C(Cc1ccc(-c2cc(Cl)cc(Cl)c2)cc1)NC(=O)CCl.CC(O)C(O)C(Cc1ccc(-c2cc(Cl)cc(Cl)c2)cc1)NC(=O)[C@H]1CCCO1.CCC(=O)NC(Cc1ccc(-c2cc(Cl)cc(Cl)c2)cc1)C(O)C(C)O.CCC(=O)NC(Cc1ccc(-c2cc(Cl)cc(Cl)c2)cc1)C(O)C(C)O. The molecule has 576 valence electrons. The number of carbonyl (C=O) groups is 4. The third kappa shape index (κ3) is 29.9. The van der Waals surface area contributed by atoms with E-state index in [1.54, 1.807) is 38.1 Å². The normalized spacial score (nSPS) is 15.9. The average molecular weight is 1650 g/mol. The van der Waals surface area contributed by atoms with E-state index < -0.39 is 85.0 Å². The van der Waals surface area contributed by atoms with Crippen LogP contribution in [-0.4, -0.2) is 156 Å². The summed E-state index contributed by atoms with van der Waals surface area (Å²) >= 11 is 54.0. The molecule has 12 N–H and O–H groups in total. The number of alkyl halides is 1. The summed E-state index contributed by atoms with van der Waals surface area (Å²) in [5.41, 5.74) is 11.1. The molecule has 26 heteroatoms. The Labute approximate surface area is 670 Å². The summed E-state index contributed by atoms with van der Waals surface area (Å²) in [4.78, 5) is 47.4. The van der Waals surface area contributed by atoms with Crippen molar-refractivity contribution in [1.82, 2.24) is 21.3 Å². The van der Waals surface area contributed by atoms with Crippen molar-refractivity contribution in [3.63, 3.8) is 0 Å². The molecule has 0 radical (unpaired) electrons. The summed E-state index contributed by atoms with van der Waals surface area (Å²) < 4.78 is 5.41. The number of halogens is 9. The van der Waals surface area contributed by atoms with Crippen LogP contribution in [0, 0.1) is 0 Å². The van der Waals surface area contributed by atoms with Gasteiger partial charge in [0.25, 0.3) is 0 Å². The van der Waals surface area contributed by atoms with Gasteiger partial charge in [0.15, 0.2) is 0 Å². The lowest BCUT2D eigenvalue weighted by molar-refractivity contribution is -0.132. The monoisotopic (exact) mass is 1640 g/mol. The first-order chi connectivity index (χ1) is 50.7. The van der Waals surface area contributed by atoms with Gasteiger partial charge < -0.3 is 66.9 Å². The Morgan fingerprint density at radius 3 is 0.776 bits per heavy atom. The van der Waals surface area contributed by atoms with Gasteiger partial charge in [-0.05, 0) is 206 Å². The van der Waals surface area contributed by atoms with Crippen LogP contribution in [0.25, 0.3) is 44.5 Å². The predicted octanol–water partition coefficient (Wildman–Crippen LogP) is 15.0. The maximum Gasteiger partial charge on any atom is 0.249 e. The second-order valence-electron chi connectivity index (χ2n) is 26.1. The number of ether oxygens (including phenoxy) is 1. The van der Waals surface area contributed by atoms with Gasteiger partial charge >= 0.3 is 0 Å². The fourth-order valence-corrected chi connectivity index (χ4v) is 13.7. The van der Waals surface area contributed by atoms with Crippen molar-refractivity contribution in [2.45, 2.75) is 172 Å². The zero-order valence-electron chi connectivity index (χ0n) is 59.8. The Bertz CT molecular complexity index is 3750. The lowest BCUT2D eigenvalue weighted by atomic mass is 9.96. The molecule has 8 aromatic carbocycles. The van der Waals surface area contributed by atoms with Gasteiger partial charge in [0.1, 0.15) is 36.4 Å². The van der Waals surface area contributed by atoms with Crippen molar-refractivity contribution in [3.05, 3.63) is 232 Å². The third-order valence-electron chi connectivity index (χ3n) is 17.4. The molecular formula is C81H91Cl9N4O13. The van der Waals surface area contributed by atoms with E-state index >= 15 is 0 Å². The smallest absolute Gasteiger partial charge is 0.249 e. The van der Waals surface area contributed by atoms with Gasteiger partial charge in [-0.25, -0.2) is 0 Å². The van der Waals surface area contributed by atoms with Crippen LogP contribution in [0.15, 0.2) is 170 Å². The van der Waals surface area contributed by atoms with Gasteiger partial charge in [-0.15, -0.1) is 11.6 Å². The molecule has 1 heterocycles. The van der Waals surface area contributed by atoms with Crippen molar-refractivity contribution in [3.8, 4) is 44.5 Å². The zero-order valence-corrected chi connectivity index (χ0v) is 66.6. The Morgan fingerprint density at radius 2 is 0.579 bits per heavy atom. The van der Waals surface area contributed by atoms with Gasteiger partial charge in [0.05, 0.1) is 48.6 Å². The first-order valence-electron chi connectivity index (χ1n) is 34.7. The summed E-state index contributed by atoms with van der Waals surface area (Å²) in [5.74, 6) is -1.20. The Morgan fingerprint density at radius 1 is 0.355 bits per heavy atom. The Kier molecular flexibility index (Phi) is 37.5. The summed E-state index contributed by atoms with van der Waals surface area (Å²) in [6, 6.07) is 49.7. The van der Waals surface area contributed by atoms with Crippen LogP contribution in [0.3, 0.4) is 0 Å². The van der Waals surface area contributed by atoms with Gasteiger partial charge in [0.2, 0.25) is 23.6 Å². The Balaban J connectivity index is 0.000000224. The van der Waals surface area contributed by atoms with Crippen molar-refractivity contribution < 1.29 is 64.8 Å². The van der Waals surface area contributed by atoms with Crippen molar-refractivity contribution >= 4 is 128 Å². The van der Waals surface area contributed by atoms with Crippen LogP contribution in [0.5, 0.6) is 0 Å². The highest BCUT2D eigenvalue weighted by Gasteiger charge is 2.32. The molecule has 0 aliphatic carbocycles. The number of hydrogen-bond donors (Lipinski definition) is 12. The van der Waals surface area contributed by atoms with Crippen LogP contribution in [-0.2, 0) is 49.6 Å². The van der Waals surface area contributed by atoms with Crippen LogP contribution in [0.1, 0.15) is 89.5 Å². The number of carbonyl (C=O) groups excluding carboxylic acids is 4. The fourth-order valence-electron chi connectivity index (χ4n) is 11.5. The number of amides is 4. The number of nitrogens with one attached hydrogen (secondary N) is 4. The zero-order chi connectivity index (χ0) is 78.8. The summed E-state index contributed by atoms with van der Waals surface area (Å²) in [6.07, 6.45) is -4.92. The van der Waals surface area contributed by atoms with Crippen molar-refractivity contribution in [1.29, 1.82) is 0 Å². The van der Waals surface area contributed by atoms with Gasteiger partial charge in [-0.1, -0.05) is 204 Å². The standard InChI is InChI=1S/C22H25Cl2NO4.2C20H23Cl2NO3.C19H20Cl3NO3/c1-13(26)21(27)19(25-22(28)20-3-2-8-29-20)9-14-4-6-15(7-5-14)16-10-17(23)12-18(24)11-16;2*1-3-19(25)23-18(20(26)12(2)24)8-13-4-6-14(7-5-13)15-9-16(21)11-17(22)10-15;1-11(24)19(26)17(23-18(25)10-20)6-12-2-4-13(5-3-12)14-7-15(21)9-16(22)8-14/h4-7,10-13,19-21,26-27H,2-3,8-9H2,1H3,(H,25,28);2*4-7,9-12,18,20,24,26H,3,8H2,1-2H3,(H,23,25);2-5,7-9,11,17,19,24,26H,6,10H2,1H3,(H,23,25)/t13?,19?,20-,21?;;;/m1.../s1. The molecule has 17 nitrogen and oxygen atoms in total. The molecule has 1 aliphatic heterocycles. The molecular weight excluding hydrogens is 1560 g/mol. The molecule has 0 saturated carbocycles. The van der Waals surface area contributed by atoms with E-state index in [9.17, 15) is 60.0 Å². The molecule has 9 rings (SSSR count). The number of aliphatic hydroxyl groups excluding tert-OH is 8. The largest absolute Gasteiger partial charge is 0.391 e. The minimum absolute atomic E-state index is 0.167. The highest BCUT2D eigenvalue weighted by molar-refractivity contribution is 6.37. The first-order valence-corrected chi connectivity index (χ1v) is 38.3. The van der Waals surface area contributed by atoms with Crippen LogP contribution in [0.4, 0.5) is 0 Å².